The average Bonchev–Trinajstić information content (AvgIpc) is 2.88. The smallest absolute Gasteiger partial charge is 0.408 e. The Morgan fingerprint density at radius 2 is 1.04 bits per heavy atom. The monoisotopic (exact) mass is 639 g/mol. The maximum absolute atomic E-state index is 13.3. The molecule has 0 aromatic carbocycles. The van der Waals surface area contributed by atoms with Crippen molar-refractivity contribution in [1.82, 2.24) is 24.9 Å². The number of nitrogens with one attached hydrogen (secondary N) is 1. The maximum atomic E-state index is 13.3. The van der Waals surface area contributed by atoms with Crippen LogP contribution in [0.5, 0.6) is 0 Å². The first kappa shape index (κ1) is 39.2. The molecule has 1 aliphatic rings. The van der Waals surface area contributed by atoms with Crippen molar-refractivity contribution in [3.63, 3.8) is 0 Å². The second kappa shape index (κ2) is 18.2. The van der Waals surface area contributed by atoms with Crippen molar-refractivity contribution >= 4 is 29.9 Å². The van der Waals surface area contributed by atoms with Gasteiger partial charge in [-0.1, -0.05) is 13.2 Å². The first-order chi connectivity index (χ1) is 20.8. The lowest BCUT2D eigenvalue weighted by molar-refractivity contribution is -0.156. The molecule has 256 valence electrons. The van der Waals surface area contributed by atoms with Gasteiger partial charge >= 0.3 is 24.0 Å². The Balaban J connectivity index is 3.25. The zero-order chi connectivity index (χ0) is 34.4. The van der Waals surface area contributed by atoms with E-state index in [-0.39, 0.29) is 51.3 Å². The molecule has 1 rings (SSSR count). The molecule has 1 N–H and O–H groups in total. The third-order valence-electron chi connectivity index (χ3n) is 6.34. The fraction of sp³-hybridized carbons (Fsp3) is 0.710. The number of hydrogen-bond donors (Lipinski definition) is 1. The molecular weight excluding hydrogens is 586 g/mol. The van der Waals surface area contributed by atoms with Gasteiger partial charge in [-0.2, -0.15) is 0 Å². The van der Waals surface area contributed by atoms with E-state index in [1.807, 2.05) is 14.7 Å². The average molecular weight is 640 g/mol. The summed E-state index contributed by atoms with van der Waals surface area (Å²) < 4.78 is 21.2. The summed E-state index contributed by atoms with van der Waals surface area (Å²) in [5, 5.41) is 2.52. The molecule has 0 aromatic heterocycles. The highest BCUT2D eigenvalue weighted by atomic mass is 16.6. The number of carbonyl (C=O) groups is 5. The summed E-state index contributed by atoms with van der Waals surface area (Å²) in [5.41, 5.74) is -0.291. The summed E-state index contributed by atoms with van der Waals surface area (Å²) >= 11 is 0. The lowest BCUT2D eigenvalue weighted by atomic mass is 10.2. The Kier molecular flexibility index (Phi) is 15.9. The number of alkyl carbamates (subject to hydrolysis) is 1. The van der Waals surface area contributed by atoms with E-state index in [0.717, 1.165) is 0 Å². The Morgan fingerprint density at radius 3 is 1.44 bits per heavy atom. The molecule has 1 saturated heterocycles. The highest BCUT2D eigenvalue weighted by molar-refractivity contribution is 5.82. The van der Waals surface area contributed by atoms with Gasteiger partial charge in [0.05, 0.1) is 6.54 Å². The van der Waals surface area contributed by atoms with E-state index in [1.54, 1.807) is 46.4 Å². The number of esters is 3. The van der Waals surface area contributed by atoms with Gasteiger partial charge in [-0.3, -0.25) is 24.1 Å². The molecule has 14 nitrogen and oxygen atoms in total. The van der Waals surface area contributed by atoms with Crippen molar-refractivity contribution in [2.75, 3.05) is 78.7 Å². The number of rotatable bonds is 10. The largest absolute Gasteiger partial charge is 0.459 e. The van der Waals surface area contributed by atoms with Gasteiger partial charge in [-0.25, -0.2) is 4.79 Å². The number of ether oxygens (including phenoxy) is 4. The van der Waals surface area contributed by atoms with Crippen LogP contribution in [0.4, 0.5) is 4.79 Å². The van der Waals surface area contributed by atoms with Crippen molar-refractivity contribution in [3.8, 4) is 0 Å². The van der Waals surface area contributed by atoms with Crippen molar-refractivity contribution < 1.29 is 42.9 Å². The second-order valence-electron chi connectivity index (χ2n) is 12.8. The van der Waals surface area contributed by atoms with Crippen LogP contribution in [0.3, 0.4) is 0 Å². The van der Waals surface area contributed by atoms with E-state index in [9.17, 15) is 24.0 Å². The molecule has 45 heavy (non-hydrogen) atoms. The standard InChI is InChI=1S/C31H53N5O9/c1-23(21-42-25(3)37)34-13-11-33(20-28(40)44-30(5,6)7)12-14-35(24(2)22-43-26(4)38)16-18-36(17-15-34)27(39)19-32-29(41)45-31(8,9)10/h1-2,11-22H2,3-10H3,(H,32,41). The minimum atomic E-state index is -0.719. The number of nitrogens with zero attached hydrogens (tertiary/aromatic N) is 4. The quantitative estimate of drug-likeness (QED) is 0.274. The van der Waals surface area contributed by atoms with Crippen molar-refractivity contribution in [2.45, 2.75) is 66.6 Å². The number of hydrogen-bond acceptors (Lipinski definition) is 12. The summed E-state index contributed by atoms with van der Waals surface area (Å²) in [6.45, 7) is 24.0. The molecule has 14 heteroatoms. The molecule has 0 atom stereocenters. The molecule has 1 fully saturated rings. The van der Waals surface area contributed by atoms with Gasteiger partial charge in [0.2, 0.25) is 5.91 Å². The Labute approximate surface area is 267 Å². The summed E-state index contributed by atoms with van der Waals surface area (Å²) in [6.07, 6.45) is -0.706. The number of amides is 2. The Bertz CT molecular complexity index is 1020. The molecule has 2 amide bonds. The summed E-state index contributed by atoms with van der Waals surface area (Å²) in [4.78, 5) is 68.6. The Morgan fingerprint density at radius 1 is 0.644 bits per heavy atom. The fourth-order valence-corrected chi connectivity index (χ4v) is 4.18. The van der Waals surface area contributed by atoms with Crippen molar-refractivity contribution in [1.29, 1.82) is 0 Å². The predicted octanol–water partition coefficient (Wildman–Crippen LogP) is 1.75. The molecule has 1 heterocycles. The highest BCUT2D eigenvalue weighted by Crippen LogP contribution is 2.12. The van der Waals surface area contributed by atoms with E-state index < -0.39 is 29.2 Å². The second-order valence-corrected chi connectivity index (χ2v) is 12.8. The molecule has 0 bridgehead atoms. The van der Waals surface area contributed by atoms with Gasteiger partial charge in [0.1, 0.15) is 31.0 Å². The SMILES string of the molecule is C=C(COC(C)=O)N1CCN(CC(=O)OC(C)(C)C)CCN(C(=C)COC(C)=O)CCN(C(=O)CNC(=O)OC(C)(C)C)CC1. The van der Waals surface area contributed by atoms with Crippen LogP contribution in [-0.4, -0.2) is 139 Å². The maximum Gasteiger partial charge on any atom is 0.408 e. The van der Waals surface area contributed by atoms with Crippen LogP contribution >= 0.6 is 0 Å². The molecule has 1 aliphatic heterocycles. The molecule has 0 radical (unpaired) electrons. The van der Waals surface area contributed by atoms with Crippen LogP contribution in [0, 0.1) is 0 Å². The van der Waals surface area contributed by atoms with Crippen LogP contribution < -0.4 is 5.32 Å². The van der Waals surface area contributed by atoms with Crippen LogP contribution in [0.25, 0.3) is 0 Å². The van der Waals surface area contributed by atoms with Crippen molar-refractivity contribution in [2.24, 2.45) is 0 Å². The van der Waals surface area contributed by atoms with E-state index in [0.29, 0.717) is 50.7 Å². The van der Waals surface area contributed by atoms with Gasteiger partial charge in [0.15, 0.2) is 0 Å². The van der Waals surface area contributed by atoms with E-state index in [1.165, 1.54) is 13.8 Å². The third kappa shape index (κ3) is 17.9. The minimum Gasteiger partial charge on any atom is -0.459 e. The fourth-order valence-electron chi connectivity index (χ4n) is 4.18. The third-order valence-corrected chi connectivity index (χ3v) is 6.34. The van der Waals surface area contributed by atoms with Crippen LogP contribution in [-0.2, 0) is 38.1 Å². The van der Waals surface area contributed by atoms with E-state index in [4.69, 9.17) is 18.9 Å². The lowest BCUT2D eigenvalue weighted by Gasteiger charge is -2.36. The predicted molar refractivity (Wildman–Crippen MR) is 168 cm³/mol. The summed E-state index contributed by atoms with van der Waals surface area (Å²) in [7, 11) is 0. The summed E-state index contributed by atoms with van der Waals surface area (Å²) in [6, 6.07) is 0. The summed E-state index contributed by atoms with van der Waals surface area (Å²) in [5.74, 6) is -1.60. The van der Waals surface area contributed by atoms with Gasteiger partial charge < -0.3 is 39.0 Å². The first-order valence-electron chi connectivity index (χ1n) is 15.1. The van der Waals surface area contributed by atoms with Gasteiger partial charge in [0.25, 0.3) is 0 Å². The molecular formula is C31H53N5O9. The molecule has 0 aromatic rings. The minimum absolute atomic E-state index is 0.0285. The zero-order valence-corrected chi connectivity index (χ0v) is 28.4. The topological polar surface area (TPSA) is 147 Å². The lowest BCUT2D eigenvalue weighted by Crippen LogP contribution is -2.50. The van der Waals surface area contributed by atoms with Crippen molar-refractivity contribution in [3.05, 3.63) is 24.6 Å². The van der Waals surface area contributed by atoms with Crippen LogP contribution in [0.2, 0.25) is 0 Å². The highest BCUT2D eigenvalue weighted by Gasteiger charge is 2.25. The number of carbonyl (C=O) groups excluding carboxylic acids is 5. The van der Waals surface area contributed by atoms with Crippen LogP contribution in [0.15, 0.2) is 24.6 Å². The van der Waals surface area contributed by atoms with E-state index in [2.05, 4.69) is 18.5 Å². The first-order valence-corrected chi connectivity index (χ1v) is 15.1. The molecule has 0 saturated carbocycles. The molecule has 0 unspecified atom stereocenters. The zero-order valence-electron chi connectivity index (χ0n) is 28.4. The molecule has 0 aliphatic carbocycles. The Hall–Kier alpha value is -3.81. The molecule has 0 spiro atoms. The van der Waals surface area contributed by atoms with Gasteiger partial charge in [-0.05, 0) is 41.5 Å². The van der Waals surface area contributed by atoms with Gasteiger partial charge in [0, 0.05) is 77.6 Å². The van der Waals surface area contributed by atoms with Crippen LogP contribution in [0.1, 0.15) is 55.4 Å². The van der Waals surface area contributed by atoms with E-state index >= 15 is 0 Å². The van der Waals surface area contributed by atoms with Gasteiger partial charge in [-0.15, -0.1) is 0 Å². The normalized spacial score (nSPS) is 15.6.